The minimum atomic E-state index is -0.548. The molecule has 6 nitrogen and oxygen atoms in total. The number of rotatable bonds is 4. The summed E-state index contributed by atoms with van der Waals surface area (Å²) in [5.41, 5.74) is 4.54. The summed E-state index contributed by atoms with van der Waals surface area (Å²) < 4.78 is 0.958. The fraction of sp³-hybridized carbons (Fsp3) is 0.0667. The van der Waals surface area contributed by atoms with Crippen molar-refractivity contribution in [2.24, 2.45) is 5.10 Å². The van der Waals surface area contributed by atoms with Crippen LogP contribution in [0.4, 0.5) is 11.4 Å². The van der Waals surface area contributed by atoms with Crippen molar-refractivity contribution in [1.29, 1.82) is 5.26 Å². The van der Waals surface area contributed by atoms with Gasteiger partial charge in [-0.15, -0.1) is 0 Å². The maximum Gasteiger partial charge on any atom is 0.295 e. The van der Waals surface area contributed by atoms with E-state index in [-0.39, 0.29) is 16.9 Å². The summed E-state index contributed by atoms with van der Waals surface area (Å²) in [6.45, 7) is 1.80. The number of hydrogen-bond donors (Lipinski definition) is 1. The van der Waals surface area contributed by atoms with E-state index in [4.69, 9.17) is 5.26 Å². The third-order valence-corrected chi connectivity index (χ3v) is 3.46. The third-order valence-electron chi connectivity index (χ3n) is 2.93. The van der Waals surface area contributed by atoms with Crippen molar-refractivity contribution in [2.75, 3.05) is 5.43 Å². The number of nitrogens with one attached hydrogen (secondary N) is 1. The van der Waals surface area contributed by atoms with Crippen molar-refractivity contribution in [1.82, 2.24) is 0 Å². The molecule has 0 aliphatic heterocycles. The summed E-state index contributed by atoms with van der Waals surface area (Å²) >= 11 is 3.35. The van der Waals surface area contributed by atoms with Gasteiger partial charge in [0, 0.05) is 10.5 Å². The molecule has 0 bridgehead atoms. The summed E-state index contributed by atoms with van der Waals surface area (Å²) in [5.74, 6) is 0. The van der Waals surface area contributed by atoms with E-state index in [9.17, 15) is 10.1 Å². The number of nitro benzene ring substituents is 1. The Balaban J connectivity index is 2.27. The van der Waals surface area contributed by atoms with E-state index >= 15 is 0 Å². The molecule has 1 N–H and O–H groups in total. The molecule has 0 saturated carbocycles. The number of nitriles is 1. The van der Waals surface area contributed by atoms with Crippen molar-refractivity contribution in [3.8, 4) is 6.07 Å². The lowest BCUT2D eigenvalue weighted by molar-refractivity contribution is -0.384. The highest BCUT2D eigenvalue weighted by molar-refractivity contribution is 9.10. The molecule has 0 atom stereocenters. The Morgan fingerprint density at radius 3 is 2.59 bits per heavy atom. The van der Waals surface area contributed by atoms with Gasteiger partial charge in [0.05, 0.1) is 22.3 Å². The number of hydrazone groups is 1. The van der Waals surface area contributed by atoms with Crippen LogP contribution in [-0.2, 0) is 0 Å². The Morgan fingerprint density at radius 2 is 2.00 bits per heavy atom. The molecule has 0 radical (unpaired) electrons. The number of nitro groups is 1. The van der Waals surface area contributed by atoms with Gasteiger partial charge >= 0.3 is 0 Å². The van der Waals surface area contributed by atoms with Crippen LogP contribution in [0, 0.1) is 21.4 Å². The maximum absolute atomic E-state index is 11.0. The molecule has 22 heavy (non-hydrogen) atoms. The topological polar surface area (TPSA) is 91.3 Å². The van der Waals surface area contributed by atoms with Gasteiger partial charge in [-0.3, -0.25) is 15.5 Å². The second-order valence-electron chi connectivity index (χ2n) is 4.42. The highest BCUT2D eigenvalue weighted by Gasteiger charge is 2.14. The molecule has 0 fully saturated rings. The van der Waals surface area contributed by atoms with Crippen LogP contribution in [0.25, 0.3) is 0 Å². The highest BCUT2D eigenvalue weighted by atomic mass is 79.9. The van der Waals surface area contributed by atoms with E-state index in [2.05, 4.69) is 26.5 Å². The predicted molar refractivity (Wildman–Crippen MR) is 87.8 cm³/mol. The normalized spacial score (nSPS) is 10.9. The Morgan fingerprint density at radius 1 is 1.32 bits per heavy atom. The van der Waals surface area contributed by atoms with Crippen LogP contribution in [0.5, 0.6) is 0 Å². The van der Waals surface area contributed by atoms with Crippen LogP contribution in [0.3, 0.4) is 0 Å². The molecule has 7 heteroatoms. The van der Waals surface area contributed by atoms with Crippen molar-refractivity contribution < 1.29 is 4.92 Å². The van der Waals surface area contributed by atoms with Gasteiger partial charge in [0.1, 0.15) is 5.69 Å². The fourth-order valence-electron chi connectivity index (χ4n) is 1.75. The zero-order valence-corrected chi connectivity index (χ0v) is 13.2. The molecule has 110 valence electrons. The molecule has 0 saturated heterocycles. The molecule has 0 heterocycles. The molecule has 2 aromatic rings. The second kappa shape index (κ2) is 6.83. The lowest BCUT2D eigenvalue weighted by atomic mass is 10.1. The van der Waals surface area contributed by atoms with Gasteiger partial charge in [0.25, 0.3) is 5.69 Å². The van der Waals surface area contributed by atoms with E-state index in [0.717, 1.165) is 10.0 Å². The summed E-state index contributed by atoms with van der Waals surface area (Å²) in [7, 11) is 0. The fourth-order valence-corrected chi connectivity index (χ4v) is 2.01. The summed E-state index contributed by atoms with van der Waals surface area (Å²) in [6.07, 6.45) is 0. The zero-order valence-electron chi connectivity index (χ0n) is 11.6. The standard InChI is InChI=1S/C15H11BrN4O2/c1-10(12-3-5-13(16)6-4-12)18-19-14-7-2-11(9-17)8-15(14)20(21)22/h2-8,19H,1H3. The van der Waals surface area contributed by atoms with Crippen molar-refractivity contribution in [3.63, 3.8) is 0 Å². The molecule has 0 aliphatic rings. The van der Waals surface area contributed by atoms with E-state index in [0.29, 0.717) is 5.71 Å². The van der Waals surface area contributed by atoms with Crippen molar-refractivity contribution in [3.05, 3.63) is 68.2 Å². The van der Waals surface area contributed by atoms with Crippen LogP contribution in [0.1, 0.15) is 18.1 Å². The summed E-state index contributed by atoms with van der Waals surface area (Å²) in [6, 6.07) is 13.6. The Bertz CT molecular complexity index is 779. The first-order valence-corrected chi connectivity index (χ1v) is 7.05. The minimum Gasteiger partial charge on any atom is -0.271 e. The molecule has 0 aliphatic carbocycles. The largest absolute Gasteiger partial charge is 0.295 e. The zero-order chi connectivity index (χ0) is 16.1. The Hall–Kier alpha value is -2.72. The highest BCUT2D eigenvalue weighted by Crippen LogP contribution is 2.25. The van der Waals surface area contributed by atoms with Crippen LogP contribution >= 0.6 is 15.9 Å². The lowest BCUT2D eigenvalue weighted by Crippen LogP contribution is -2.02. The molecule has 0 aromatic heterocycles. The second-order valence-corrected chi connectivity index (χ2v) is 5.33. The van der Waals surface area contributed by atoms with Gasteiger partial charge in [0.15, 0.2) is 0 Å². The minimum absolute atomic E-state index is 0.189. The van der Waals surface area contributed by atoms with Crippen LogP contribution in [-0.4, -0.2) is 10.6 Å². The number of nitrogens with zero attached hydrogens (tertiary/aromatic N) is 3. The van der Waals surface area contributed by atoms with Crippen molar-refractivity contribution >= 4 is 33.0 Å². The third kappa shape index (κ3) is 3.68. The van der Waals surface area contributed by atoms with Gasteiger partial charge in [-0.1, -0.05) is 28.1 Å². The predicted octanol–water partition coefficient (Wildman–Crippen LogP) is 4.07. The summed E-state index contributed by atoms with van der Waals surface area (Å²) in [5, 5.41) is 24.0. The number of benzene rings is 2. The molecule has 0 unspecified atom stereocenters. The lowest BCUT2D eigenvalue weighted by Gasteiger charge is -2.05. The summed E-state index contributed by atoms with van der Waals surface area (Å²) in [4.78, 5) is 10.5. The molecule has 0 amide bonds. The SMILES string of the molecule is CC(=NNc1ccc(C#N)cc1[N+](=O)[O-])c1ccc(Br)cc1. The van der Waals surface area contributed by atoms with E-state index in [1.54, 1.807) is 6.92 Å². The van der Waals surface area contributed by atoms with E-state index in [1.165, 1.54) is 18.2 Å². The molecule has 2 aromatic carbocycles. The van der Waals surface area contributed by atoms with Crippen LogP contribution in [0.2, 0.25) is 0 Å². The first kappa shape index (κ1) is 15.7. The maximum atomic E-state index is 11.0. The molecular weight excluding hydrogens is 348 g/mol. The smallest absolute Gasteiger partial charge is 0.271 e. The monoisotopic (exact) mass is 358 g/mol. The quantitative estimate of drug-likeness (QED) is 0.506. The van der Waals surface area contributed by atoms with Gasteiger partial charge in [0.2, 0.25) is 0 Å². The molecular formula is C15H11BrN4O2. The van der Waals surface area contributed by atoms with Gasteiger partial charge < -0.3 is 0 Å². The molecule has 0 spiro atoms. The number of halogens is 1. The Labute approximate surface area is 135 Å². The van der Waals surface area contributed by atoms with E-state index < -0.39 is 4.92 Å². The first-order chi connectivity index (χ1) is 10.5. The van der Waals surface area contributed by atoms with Crippen LogP contribution < -0.4 is 5.43 Å². The van der Waals surface area contributed by atoms with Crippen molar-refractivity contribution in [2.45, 2.75) is 6.92 Å². The number of anilines is 1. The van der Waals surface area contributed by atoms with Gasteiger partial charge in [-0.05, 0) is 36.8 Å². The van der Waals surface area contributed by atoms with Crippen LogP contribution in [0.15, 0.2) is 52.0 Å². The van der Waals surface area contributed by atoms with E-state index in [1.807, 2.05) is 30.3 Å². The average molecular weight is 359 g/mol. The Kier molecular flexibility index (Phi) is 4.86. The average Bonchev–Trinajstić information content (AvgIpc) is 2.53. The number of hydrogen-bond acceptors (Lipinski definition) is 5. The van der Waals surface area contributed by atoms with Gasteiger partial charge in [-0.25, -0.2) is 0 Å². The van der Waals surface area contributed by atoms with Gasteiger partial charge in [-0.2, -0.15) is 10.4 Å². The molecule has 2 rings (SSSR count). The first-order valence-electron chi connectivity index (χ1n) is 6.26.